The second kappa shape index (κ2) is 15.6. The van der Waals surface area contributed by atoms with Crippen molar-refractivity contribution in [1.29, 1.82) is 0 Å². The molecule has 0 atom stereocenters. The molecular formula is C36H34O6. The summed E-state index contributed by atoms with van der Waals surface area (Å²) in [5.41, 5.74) is 3.05. The Hall–Kier alpha value is -5.10. The molecule has 0 fully saturated rings. The monoisotopic (exact) mass is 562 g/mol. The lowest BCUT2D eigenvalue weighted by Crippen LogP contribution is -2.03. The molecule has 6 heteroatoms. The predicted molar refractivity (Wildman–Crippen MR) is 166 cm³/mol. The van der Waals surface area contributed by atoms with Gasteiger partial charge in [0.15, 0.2) is 11.6 Å². The molecule has 0 saturated carbocycles. The summed E-state index contributed by atoms with van der Waals surface area (Å²) < 4.78 is 21.9. The fraction of sp³-hybridized carbons (Fsp3) is 0.167. The number of hydrogen-bond donors (Lipinski definition) is 0. The van der Waals surface area contributed by atoms with E-state index in [4.69, 9.17) is 18.9 Å². The molecule has 0 amide bonds. The SMILES string of the molecule is COc1ccc(/C=C/C(=O)c2ccc(OCCCCOc3ccc(C(=O)/C=C/c4ccc(OC)cc4)cc3)cc2)cc1. The second-order valence-electron chi connectivity index (χ2n) is 9.39. The molecule has 0 radical (unpaired) electrons. The van der Waals surface area contributed by atoms with Crippen LogP contribution in [0.1, 0.15) is 44.7 Å². The molecule has 0 unspecified atom stereocenters. The van der Waals surface area contributed by atoms with Crippen LogP contribution in [0.15, 0.2) is 109 Å². The fourth-order valence-corrected chi connectivity index (χ4v) is 3.98. The molecule has 42 heavy (non-hydrogen) atoms. The largest absolute Gasteiger partial charge is 0.497 e. The fourth-order valence-electron chi connectivity index (χ4n) is 3.98. The van der Waals surface area contributed by atoms with E-state index in [2.05, 4.69) is 0 Å². The van der Waals surface area contributed by atoms with Crippen LogP contribution in [-0.4, -0.2) is 39.0 Å². The Morgan fingerprint density at radius 3 is 1.17 bits per heavy atom. The molecule has 0 aromatic heterocycles. The summed E-state index contributed by atoms with van der Waals surface area (Å²) in [4.78, 5) is 24.9. The van der Waals surface area contributed by atoms with Gasteiger partial charge < -0.3 is 18.9 Å². The Kier molecular flexibility index (Phi) is 11.1. The maximum atomic E-state index is 12.5. The topological polar surface area (TPSA) is 71.1 Å². The van der Waals surface area contributed by atoms with Crippen LogP contribution in [0.25, 0.3) is 12.2 Å². The van der Waals surface area contributed by atoms with Crippen molar-refractivity contribution in [2.75, 3.05) is 27.4 Å². The molecule has 4 rings (SSSR count). The number of carbonyl (C=O) groups excluding carboxylic acids is 2. The first-order chi connectivity index (χ1) is 20.5. The number of ketones is 2. The van der Waals surface area contributed by atoms with Crippen LogP contribution in [0.5, 0.6) is 23.0 Å². The van der Waals surface area contributed by atoms with Gasteiger partial charge in [-0.15, -0.1) is 0 Å². The van der Waals surface area contributed by atoms with Crippen molar-refractivity contribution in [3.05, 3.63) is 131 Å². The van der Waals surface area contributed by atoms with Crippen molar-refractivity contribution in [3.8, 4) is 23.0 Å². The minimum absolute atomic E-state index is 0.0723. The number of allylic oxidation sites excluding steroid dienone is 2. The summed E-state index contributed by atoms with van der Waals surface area (Å²) in [7, 11) is 3.24. The van der Waals surface area contributed by atoms with Gasteiger partial charge in [0, 0.05) is 11.1 Å². The van der Waals surface area contributed by atoms with Crippen LogP contribution in [0.2, 0.25) is 0 Å². The Morgan fingerprint density at radius 2 is 0.833 bits per heavy atom. The van der Waals surface area contributed by atoms with Gasteiger partial charge in [-0.2, -0.15) is 0 Å². The standard InChI is InChI=1S/C36H34O6/c1-39-31-15-5-27(6-16-31)9-23-35(37)29-11-19-33(20-12-29)41-25-3-4-26-42-34-21-13-30(14-22-34)36(38)24-10-28-7-17-32(40-2)18-8-28/h5-24H,3-4,25-26H2,1-2H3/b23-9+,24-10+. The highest BCUT2D eigenvalue weighted by Crippen LogP contribution is 2.17. The number of carbonyl (C=O) groups is 2. The van der Waals surface area contributed by atoms with Crippen LogP contribution < -0.4 is 18.9 Å². The summed E-state index contributed by atoms with van der Waals surface area (Å²) in [6.07, 6.45) is 8.32. The van der Waals surface area contributed by atoms with E-state index in [0.717, 1.165) is 35.5 Å². The van der Waals surface area contributed by atoms with E-state index in [9.17, 15) is 9.59 Å². The zero-order valence-electron chi connectivity index (χ0n) is 23.8. The Balaban J connectivity index is 1.12. The van der Waals surface area contributed by atoms with E-state index in [-0.39, 0.29) is 11.6 Å². The average molecular weight is 563 g/mol. The van der Waals surface area contributed by atoms with Crippen molar-refractivity contribution >= 4 is 23.7 Å². The number of benzene rings is 4. The van der Waals surface area contributed by atoms with Crippen molar-refractivity contribution < 1.29 is 28.5 Å². The Morgan fingerprint density at radius 1 is 0.500 bits per heavy atom. The minimum Gasteiger partial charge on any atom is -0.497 e. The summed E-state index contributed by atoms with van der Waals surface area (Å²) in [6.45, 7) is 1.09. The molecule has 214 valence electrons. The molecular weight excluding hydrogens is 528 g/mol. The zero-order chi connectivity index (χ0) is 29.6. The van der Waals surface area contributed by atoms with Crippen LogP contribution in [0.3, 0.4) is 0 Å². The van der Waals surface area contributed by atoms with Gasteiger partial charge in [-0.1, -0.05) is 36.4 Å². The molecule has 0 aliphatic carbocycles. The van der Waals surface area contributed by atoms with Gasteiger partial charge in [-0.25, -0.2) is 0 Å². The predicted octanol–water partition coefficient (Wildman–Crippen LogP) is 7.73. The summed E-state index contributed by atoms with van der Waals surface area (Å²) in [5.74, 6) is 2.84. The van der Waals surface area contributed by atoms with Crippen molar-refractivity contribution in [2.24, 2.45) is 0 Å². The third-order valence-corrected chi connectivity index (χ3v) is 6.44. The van der Waals surface area contributed by atoms with E-state index in [1.165, 1.54) is 0 Å². The van der Waals surface area contributed by atoms with Gasteiger partial charge in [-0.05, 0) is 109 Å². The molecule has 0 aliphatic rings. The van der Waals surface area contributed by atoms with E-state index in [1.54, 1.807) is 87.1 Å². The Labute approximate surface area is 246 Å². The van der Waals surface area contributed by atoms with Crippen molar-refractivity contribution in [3.63, 3.8) is 0 Å². The van der Waals surface area contributed by atoms with Gasteiger partial charge in [0.2, 0.25) is 0 Å². The molecule has 0 heterocycles. The maximum absolute atomic E-state index is 12.5. The molecule has 0 N–H and O–H groups in total. The number of unbranched alkanes of at least 4 members (excludes halogenated alkanes) is 1. The van der Waals surface area contributed by atoms with Gasteiger partial charge in [0.25, 0.3) is 0 Å². The van der Waals surface area contributed by atoms with Gasteiger partial charge >= 0.3 is 0 Å². The number of ether oxygens (including phenoxy) is 4. The highest BCUT2D eigenvalue weighted by Gasteiger charge is 2.04. The van der Waals surface area contributed by atoms with Crippen molar-refractivity contribution in [1.82, 2.24) is 0 Å². The lowest BCUT2D eigenvalue weighted by atomic mass is 10.1. The van der Waals surface area contributed by atoms with Gasteiger partial charge in [-0.3, -0.25) is 9.59 Å². The Bertz CT molecular complexity index is 1370. The third kappa shape index (κ3) is 9.24. The van der Waals surface area contributed by atoms with Gasteiger partial charge in [0.05, 0.1) is 27.4 Å². The van der Waals surface area contributed by atoms with E-state index < -0.39 is 0 Å². The lowest BCUT2D eigenvalue weighted by Gasteiger charge is -2.08. The van der Waals surface area contributed by atoms with Crippen molar-refractivity contribution in [2.45, 2.75) is 12.8 Å². The normalized spacial score (nSPS) is 11.0. The highest BCUT2D eigenvalue weighted by atomic mass is 16.5. The highest BCUT2D eigenvalue weighted by molar-refractivity contribution is 6.07. The minimum atomic E-state index is -0.0723. The molecule has 4 aromatic rings. The molecule has 0 spiro atoms. The van der Waals surface area contributed by atoms with Crippen LogP contribution in [-0.2, 0) is 0 Å². The smallest absolute Gasteiger partial charge is 0.185 e. The maximum Gasteiger partial charge on any atom is 0.185 e. The summed E-state index contributed by atoms with van der Waals surface area (Å²) in [5, 5.41) is 0. The third-order valence-electron chi connectivity index (χ3n) is 6.44. The van der Waals surface area contributed by atoms with Crippen LogP contribution in [0, 0.1) is 0 Å². The second-order valence-corrected chi connectivity index (χ2v) is 9.39. The molecule has 0 bridgehead atoms. The number of methoxy groups -OCH3 is 2. The summed E-state index contributed by atoms with van der Waals surface area (Å²) >= 11 is 0. The molecule has 0 saturated heterocycles. The van der Waals surface area contributed by atoms with E-state index in [0.29, 0.717) is 35.8 Å². The van der Waals surface area contributed by atoms with Crippen LogP contribution >= 0.6 is 0 Å². The number of rotatable bonds is 15. The molecule has 4 aromatic carbocycles. The lowest BCUT2D eigenvalue weighted by molar-refractivity contribution is 0.103. The van der Waals surface area contributed by atoms with E-state index in [1.807, 2.05) is 48.5 Å². The first-order valence-electron chi connectivity index (χ1n) is 13.7. The van der Waals surface area contributed by atoms with E-state index >= 15 is 0 Å². The zero-order valence-corrected chi connectivity index (χ0v) is 23.8. The molecule has 6 nitrogen and oxygen atoms in total. The number of hydrogen-bond acceptors (Lipinski definition) is 6. The first kappa shape index (κ1) is 29.9. The van der Waals surface area contributed by atoms with Crippen LogP contribution in [0.4, 0.5) is 0 Å². The van der Waals surface area contributed by atoms with Gasteiger partial charge in [0.1, 0.15) is 23.0 Å². The first-order valence-corrected chi connectivity index (χ1v) is 13.7. The molecule has 0 aliphatic heterocycles. The average Bonchev–Trinajstić information content (AvgIpc) is 3.05. The summed E-state index contributed by atoms with van der Waals surface area (Å²) in [6, 6.07) is 29.3. The quantitative estimate of drug-likeness (QED) is 0.0839.